The van der Waals surface area contributed by atoms with Gasteiger partial charge in [0.1, 0.15) is 0 Å². The number of amides is 1. The lowest BCUT2D eigenvalue weighted by atomic mass is 10.1. The lowest BCUT2D eigenvalue weighted by Gasteiger charge is -2.15. The number of carbonyl (C=O) groups excluding carboxylic acids is 1. The second-order valence-electron chi connectivity index (χ2n) is 5.31. The van der Waals surface area contributed by atoms with E-state index in [2.05, 4.69) is 0 Å². The predicted octanol–water partition coefficient (Wildman–Crippen LogP) is 4.00. The fraction of sp³-hybridized carbons (Fsp3) is 0.133. The van der Waals surface area contributed by atoms with Gasteiger partial charge in [0.2, 0.25) is 0 Å². The van der Waals surface area contributed by atoms with E-state index in [0.717, 1.165) is 6.07 Å². The van der Waals surface area contributed by atoms with E-state index < -0.39 is 44.3 Å². The number of hydrogen-bond donors (Lipinski definition) is 2. The normalized spacial score (nSPS) is 12.7. The molecule has 0 unspecified atom stereocenters. The van der Waals surface area contributed by atoms with Gasteiger partial charge in [0.15, 0.2) is 0 Å². The Balaban J connectivity index is 2.35. The number of nitrogens with one attached hydrogen (secondary N) is 2. The third kappa shape index (κ3) is 5.36. The molecule has 0 spiro atoms. The van der Waals surface area contributed by atoms with Crippen molar-refractivity contribution in [1.82, 2.24) is 10.3 Å². The van der Waals surface area contributed by atoms with Crippen molar-refractivity contribution in [1.29, 1.82) is 0 Å². The summed E-state index contributed by atoms with van der Waals surface area (Å²) in [5.74, 6) is -1.03. The van der Waals surface area contributed by atoms with Crippen molar-refractivity contribution in [2.75, 3.05) is 0 Å². The van der Waals surface area contributed by atoms with Crippen molar-refractivity contribution < 1.29 is 39.6 Å². The van der Waals surface area contributed by atoms with E-state index in [1.165, 1.54) is 23.0 Å². The summed E-state index contributed by atoms with van der Waals surface area (Å²) in [6, 6.07) is 5.02. The maximum atomic E-state index is 12.8. The van der Waals surface area contributed by atoms with Crippen molar-refractivity contribution in [3.05, 3.63) is 64.2 Å². The van der Waals surface area contributed by atoms with Gasteiger partial charge >= 0.3 is 12.4 Å². The van der Waals surface area contributed by atoms with E-state index in [9.17, 15) is 39.6 Å². The Hall–Kier alpha value is -2.31. The number of rotatable bonds is 4. The van der Waals surface area contributed by atoms with Gasteiger partial charge in [-0.1, -0.05) is 17.7 Å². The van der Waals surface area contributed by atoms with Crippen LogP contribution in [0.2, 0.25) is 5.02 Å². The molecule has 2 aromatic carbocycles. The predicted molar refractivity (Wildman–Crippen MR) is 85.7 cm³/mol. The van der Waals surface area contributed by atoms with Crippen molar-refractivity contribution in [3.8, 4) is 0 Å². The summed E-state index contributed by atoms with van der Waals surface area (Å²) < 4.78 is 101. The highest BCUT2D eigenvalue weighted by atomic mass is 35.5. The Kier molecular flexibility index (Phi) is 5.97. The minimum absolute atomic E-state index is 0.0170. The van der Waals surface area contributed by atoms with Crippen LogP contribution in [-0.2, 0) is 22.4 Å². The zero-order chi connectivity index (χ0) is 21.3. The summed E-state index contributed by atoms with van der Waals surface area (Å²) in [7, 11) is -4.95. The molecule has 2 N–H and O–H groups in total. The SMILES string of the molecule is O=C(NNS(=O)(=O)c1cc(C(F)(F)F)cc(C(F)(F)F)c1)c1cccc(Cl)c1. The van der Waals surface area contributed by atoms with E-state index in [0.29, 0.717) is 0 Å². The van der Waals surface area contributed by atoms with Crippen molar-refractivity contribution in [2.45, 2.75) is 17.2 Å². The fourth-order valence-electron chi connectivity index (χ4n) is 1.96. The Morgan fingerprint density at radius 3 is 1.89 bits per heavy atom. The van der Waals surface area contributed by atoms with Gasteiger partial charge in [0, 0.05) is 10.6 Å². The number of alkyl halides is 6. The first-order valence-electron chi connectivity index (χ1n) is 7.07. The number of carbonyl (C=O) groups is 1. The van der Waals surface area contributed by atoms with Gasteiger partial charge in [-0.3, -0.25) is 10.2 Å². The summed E-state index contributed by atoms with van der Waals surface area (Å²) in [5, 5.41) is 0.142. The van der Waals surface area contributed by atoms with Gasteiger partial charge in [0.25, 0.3) is 15.9 Å². The number of sulfonamides is 1. The lowest BCUT2D eigenvalue weighted by Crippen LogP contribution is -2.41. The first-order valence-corrected chi connectivity index (χ1v) is 8.93. The van der Waals surface area contributed by atoms with Crippen LogP contribution in [0.1, 0.15) is 21.5 Å². The van der Waals surface area contributed by atoms with Crippen LogP contribution in [0.4, 0.5) is 26.3 Å². The molecule has 0 aromatic heterocycles. The number of benzene rings is 2. The van der Waals surface area contributed by atoms with Crippen LogP contribution in [0.15, 0.2) is 47.4 Å². The van der Waals surface area contributed by atoms with E-state index in [1.54, 1.807) is 5.43 Å². The average Bonchev–Trinajstić information content (AvgIpc) is 2.58. The third-order valence-electron chi connectivity index (χ3n) is 3.26. The molecule has 1 amide bonds. The van der Waals surface area contributed by atoms with Crippen molar-refractivity contribution in [3.63, 3.8) is 0 Å². The molecule has 0 aliphatic carbocycles. The Labute approximate surface area is 159 Å². The number of hydrazine groups is 1. The molecule has 0 heterocycles. The summed E-state index contributed by atoms with van der Waals surface area (Å²) in [4.78, 5) is 12.0. The molecule has 0 radical (unpaired) electrons. The molecule has 0 saturated carbocycles. The van der Waals surface area contributed by atoms with Gasteiger partial charge in [-0.05, 0) is 36.4 Å². The molecule has 0 bridgehead atoms. The summed E-state index contributed by atoms with van der Waals surface area (Å²) in [6.07, 6.45) is -10.5. The summed E-state index contributed by atoms with van der Waals surface area (Å²) >= 11 is 5.66. The largest absolute Gasteiger partial charge is 0.416 e. The van der Waals surface area contributed by atoms with Gasteiger partial charge in [-0.2, -0.15) is 26.3 Å². The van der Waals surface area contributed by atoms with Crippen molar-refractivity contribution in [2.24, 2.45) is 0 Å². The van der Waals surface area contributed by atoms with Gasteiger partial charge in [0.05, 0.1) is 16.0 Å². The third-order valence-corrected chi connectivity index (χ3v) is 4.72. The Morgan fingerprint density at radius 2 is 1.43 bits per heavy atom. The summed E-state index contributed by atoms with van der Waals surface area (Å²) in [6.45, 7) is 0. The van der Waals surface area contributed by atoms with E-state index >= 15 is 0 Å². The molecule has 0 aliphatic rings. The van der Waals surface area contributed by atoms with E-state index in [1.807, 2.05) is 0 Å². The van der Waals surface area contributed by atoms with Crippen LogP contribution in [0.3, 0.4) is 0 Å². The van der Waals surface area contributed by atoms with Crippen LogP contribution in [-0.4, -0.2) is 14.3 Å². The first-order chi connectivity index (χ1) is 12.7. The number of hydrogen-bond acceptors (Lipinski definition) is 3. The van der Waals surface area contributed by atoms with Crippen LogP contribution in [0.5, 0.6) is 0 Å². The van der Waals surface area contributed by atoms with E-state index in [4.69, 9.17) is 11.6 Å². The monoisotopic (exact) mass is 446 g/mol. The van der Waals surface area contributed by atoms with Crippen molar-refractivity contribution >= 4 is 27.5 Å². The maximum Gasteiger partial charge on any atom is 0.416 e. The molecule has 0 atom stereocenters. The Bertz CT molecular complexity index is 973. The average molecular weight is 447 g/mol. The van der Waals surface area contributed by atoms with Gasteiger partial charge in [-0.15, -0.1) is 4.83 Å². The standard InChI is InChI=1S/C15H9ClF6N2O3S/c16-11-3-1-2-8(4-11)13(25)23-24-28(26,27)12-6-9(14(17,18)19)5-10(7-12)15(20,21)22/h1-7,24H,(H,23,25). The molecule has 152 valence electrons. The van der Waals surface area contributed by atoms with E-state index in [-0.39, 0.29) is 28.8 Å². The fourth-order valence-corrected chi connectivity index (χ4v) is 3.06. The summed E-state index contributed by atoms with van der Waals surface area (Å²) in [5.41, 5.74) is -2.05. The molecular weight excluding hydrogens is 438 g/mol. The van der Waals surface area contributed by atoms with Crippen LogP contribution in [0.25, 0.3) is 0 Å². The van der Waals surface area contributed by atoms with Crippen LogP contribution in [0, 0.1) is 0 Å². The topological polar surface area (TPSA) is 75.3 Å². The smallest absolute Gasteiger partial charge is 0.273 e. The second-order valence-corrected chi connectivity index (χ2v) is 7.43. The molecule has 0 aliphatic heterocycles. The molecule has 13 heteroatoms. The zero-order valence-corrected chi connectivity index (χ0v) is 14.9. The van der Waals surface area contributed by atoms with Gasteiger partial charge in [-0.25, -0.2) is 8.42 Å². The minimum atomic E-state index is -5.23. The molecule has 5 nitrogen and oxygen atoms in total. The first kappa shape index (κ1) is 22.0. The second kappa shape index (κ2) is 7.60. The lowest BCUT2D eigenvalue weighted by molar-refractivity contribution is -0.143. The van der Waals surface area contributed by atoms with Gasteiger partial charge < -0.3 is 0 Å². The highest BCUT2D eigenvalue weighted by molar-refractivity contribution is 7.89. The quantitative estimate of drug-likeness (QED) is 0.550. The maximum absolute atomic E-state index is 12.8. The zero-order valence-electron chi connectivity index (χ0n) is 13.3. The Morgan fingerprint density at radius 1 is 0.893 bits per heavy atom. The highest BCUT2D eigenvalue weighted by Crippen LogP contribution is 2.37. The number of halogens is 7. The molecule has 0 fully saturated rings. The minimum Gasteiger partial charge on any atom is -0.273 e. The van der Waals surface area contributed by atoms with Crippen LogP contribution < -0.4 is 10.3 Å². The molecule has 28 heavy (non-hydrogen) atoms. The van der Waals surface area contributed by atoms with Crippen LogP contribution >= 0.6 is 11.6 Å². The molecule has 0 saturated heterocycles. The molecular formula is C15H9ClF6N2O3S. The molecule has 2 rings (SSSR count). The highest BCUT2D eigenvalue weighted by Gasteiger charge is 2.38. The molecule has 2 aromatic rings.